The molecule has 9 nitrogen and oxygen atoms in total. The van der Waals surface area contributed by atoms with E-state index < -0.39 is 6.10 Å². The lowest BCUT2D eigenvalue weighted by atomic mass is 10.0. The number of nitrogens with one attached hydrogen (secondary N) is 2. The van der Waals surface area contributed by atoms with Gasteiger partial charge in [0.15, 0.2) is 17.6 Å². The molecular weight excluding hydrogens is 566 g/mol. The van der Waals surface area contributed by atoms with Crippen LogP contribution in [0.15, 0.2) is 18.2 Å². The summed E-state index contributed by atoms with van der Waals surface area (Å²) in [5, 5.41) is 20.4. The van der Waals surface area contributed by atoms with Crippen LogP contribution in [-0.4, -0.2) is 56.7 Å². The molecule has 240 valence electrons. The molecule has 10 heteroatoms. The minimum absolute atomic E-state index is 0.0430. The summed E-state index contributed by atoms with van der Waals surface area (Å²) in [5.74, 6) is 2.17. The van der Waals surface area contributed by atoms with Crippen LogP contribution in [0.4, 0.5) is 0 Å². The maximum Gasteiger partial charge on any atom is 0.261 e. The normalized spacial score (nSPS) is 12.3. The average molecular weight is 618 g/mol. The van der Waals surface area contributed by atoms with Gasteiger partial charge in [-0.05, 0) is 55.9 Å². The highest BCUT2D eigenvalue weighted by Gasteiger charge is 2.21. The first-order chi connectivity index (χ1) is 20.8. The number of aryl methyl sites for hydroxylation is 2. The van der Waals surface area contributed by atoms with Gasteiger partial charge in [-0.15, -0.1) is 5.10 Å². The summed E-state index contributed by atoms with van der Waals surface area (Å²) in [6.07, 6.45) is 13.8. The molecule has 1 atom stereocenters. The number of amides is 1. The van der Waals surface area contributed by atoms with Crippen molar-refractivity contribution in [1.82, 2.24) is 25.1 Å². The van der Waals surface area contributed by atoms with E-state index in [-0.39, 0.29) is 25.0 Å². The average Bonchev–Trinajstić information content (AvgIpc) is 3.53. The topological polar surface area (TPSA) is 114 Å². The number of nitrogens with zero attached hydrogens (tertiary/aromatic N) is 3. The van der Waals surface area contributed by atoms with Crippen molar-refractivity contribution >= 4 is 23.2 Å². The molecule has 2 aromatic heterocycles. The smallest absolute Gasteiger partial charge is 0.261 e. The molecule has 0 fully saturated rings. The molecule has 3 aromatic rings. The lowest BCUT2D eigenvalue weighted by Crippen LogP contribution is -2.39. The Balaban J connectivity index is 1.49. The number of fused-ring (bicyclic) bond motifs is 1. The molecule has 43 heavy (non-hydrogen) atoms. The zero-order chi connectivity index (χ0) is 31.0. The first-order valence-electron chi connectivity index (χ1n) is 16.3. The minimum atomic E-state index is -0.574. The van der Waals surface area contributed by atoms with Gasteiger partial charge in [-0.3, -0.25) is 9.89 Å². The van der Waals surface area contributed by atoms with Crippen molar-refractivity contribution in [3.05, 3.63) is 40.3 Å². The lowest BCUT2D eigenvalue weighted by molar-refractivity contribution is -0.128. The number of carbonyl (C=O) groups is 1. The third-order valence-corrected chi connectivity index (χ3v) is 8.02. The number of benzene rings is 1. The molecule has 2 heterocycles. The zero-order valence-electron chi connectivity index (χ0n) is 26.6. The molecule has 3 rings (SSSR count). The van der Waals surface area contributed by atoms with Gasteiger partial charge in [-0.25, -0.2) is 4.98 Å². The summed E-state index contributed by atoms with van der Waals surface area (Å²) >= 11 is 6.47. The fourth-order valence-electron chi connectivity index (χ4n) is 5.16. The molecule has 0 aliphatic rings. The van der Waals surface area contributed by atoms with E-state index >= 15 is 0 Å². The first-order valence-corrected chi connectivity index (χ1v) is 16.6. The molecule has 0 radical (unpaired) electrons. The fraction of sp³-hybridized carbons (Fsp3) is 0.667. The Morgan fingerprint density at radius 2 is 1.77 bits per heavy atom. The number of halogens is 1. The molecule has 1 amide bonds. The number of aromatic amines is 1. The number of H-pyrrole nitrogens is 1. The molecule has 0 aliphatic heterocycles. The number of rotatable bonds is 22. The Morgan fingerprint density at radius 3 is 2.40 bits per heavy atom. The summed E-state index contributed by atoms with van der Waals surface area (Å²) in [6, 6.07) is 5.53. The maximum atomic E-state index is 13.2. The number of aliphatic hydroxyl groups is 1. The van der Waals surface area contributed by atoms with Crippen LogP contribution in [0.25, 0.3) is 5.65 Å². The van der Waals surface area contributed by atoms with Crippen molar-refractivity contribution in [1.29, 1.82) is 0 Å². The number of aromatic nitrogens is 4. The van der Waals surface area contributed by atoms with Gasteiger partial charge in [0.25, 0.3) is 5.91 Å². The Bertz CT molecular complexity index is 1240. The summed E-state index contributed by atoms with van der Waals surface area (Å²) < 4.78 is 13.4. The number of hydrogen-bond donors (Lipinski definition) is 3. The third kappa shape index (κ3) is 11.3. The molecule has 0 spiro atoms. The number of unbranched alkanes of at least 4 members (excludes halogenated alkanes) is 9. The van der Waals surface area contributed by atoms with Crippen molar-refractivity contribution in [2.24, 2.45) is 0 Å². The summed E-state index contributed by atoms with van der Waals surface area (Å²) in [7, 11) is 0. The summed E-state index contributed by atoms with van der Waals surface area (Å²) in [5.41, 5.74) is 2.46. The molecule has 3 N–H and O–H groups in total. The molecular formula is C33H52ClN5O4. The van der Waals surface area contributed by atoms with Crippen molar-refractivity contribution in [3.63, 3.8) is 0 Å². The van der Waals surface area contributed by atoms with E-state index in [1.165, 1.54) is 51.4 Å². The van der Waals surface area contributed by atoms with Crippen LogP contribution in [0, 0.1) is 6.92 Å². The van der Waals surface area contributed by atoms with Crippen molar-refractivity contribution in [2.45, 2.75) is 123 Å². The van der Waals surface area contributed by atoms with Crippen LogP contribution < -0.4 is 14.8 Å². The number of hydrogen-bond acceptors (Lipinski definition) is 6. The third-order valence-electron chi connectivity index (χ3n) is 7.65. The van der Waals surface area contributed by atoms with Crippen LogP contribution in [0.5, 0.6) is 11.5 Å². The van der Waals surface area contributed by atoms with Gasteiger partial charge in [0.1, 0.15) is 23.1 Å². The second-order valence-electron chi connectivity index (χ2n) is 11.7. The number of aliphatic hydroxyl groups excluding tert-OH is 1. The first kappa shape index (κ1) is 34.7. The van der Waals surface area contributed by atoms with E-state index in [2.05, 4.69) is 41.3 Å². The van der Waals surface area contributed by atoms with Gasteiger partial charge in [-0.2, -0.15) is 4.63 Å². The van der Waals surface area contributed by atoms with Gasteiger partial charge in [0.2, 0.25) is 0 Å². The van der Waals surface area contributed by atoms with Crippen LogP contribution in [0.1, 0.15) is 121 Å². The van der Waals surface area contributed by atoms with E-state index in [1.54, 1.807) is 4.63 Å². The van der Waals surface area contributed by atoms with Crippen LogP contribution in [0.3, 0.4) is 0 Å². The van der Waals surface area contributed by atoms with Gasteiger partial charge in [0.05, 0.1) is 12.3 Å². The minimum Gasteiger partial charge on any atom is -0.491 e. The van der Waals surface area contributed by atoms with Gasteiger partial charge < -0.3 is 19.9 Å². The van der Waals surface area contributed by atoms with Crippen molar-refractivity contribution < 1.29 is 19.4 Å². The Kier molecular flexibility index (Phi) is 15.2. The second kappa shape index (κ2) is 18.8. The lowest BCUT2D eigenvalue weighted by Gasteiger charge is -2.20. The molecule has 1 unspecified atom stereocenters. The van der Waals surface area contributed by atoms with Gasteiger partial charge in [-0.1, -0.05) is 90.2 Å². The van der Waals surface area contributed by atoms with Crippen LogP contribution in [0.2, 0.25) is 5.02 Å². The Hall–Kier alpha value is -2.78. The predicted molar refractivity (Wildman–Crippen MR) is 172 cm³/mol. The fourth-order valence-corrected chi connectivity index (χ4v) is 5.54. The highest BCUT2D eigenvalue weighted by atomic mass is 35.5. The predicted octanol–water partition coefficient (Wildman–Crippen LogP) is 7.32. The van der Waals surface area contributed by atoms with E-state index in [1.807, 2.05) is 25.1 Å². The summed E-state index contributed by atoms with van der Waals surface area (Å²) in [6.45, 7) is 9.01. The SMILES string of the molecule is CCCCCCCCCCCCC(Oc1ccc(OCCO)c(C)c1)C(=O)NCCCc1nc2c(Cl)c(C(C)C)[nH]n2n1. The van der Waals surface area contributed by atoms with Gasteiger partial charge in [0, 0.05) is 13.0 Å². The monoisotopic (exact) mass is 617 g/mol. The molecule has 1 aromatic carbocycles. The summed E-state index contributed by atoms with van der Waals surface area (Å²) in [4.78, 5) is 17.8. The quantitative estimate of drug-likeness (QED) is 0.102. The van der Waals surface area contributed by atoms with E-state index in [0.717, 1.165) is 24.1 Å². The molecule has 0 bridgehead atoms. The molecule has 0 saturated heterocycles. The standard InChI is InChI=1S/C33H52ClN5O4/c1-5-6-7-8-9-10-11-12-13-14-16-28(43-26-18-19-27(25(4)23-26)42-22-21-40)33(41)35-20-15-17-29-36-32-30(34)31(24(2)3)38-39(32)37-29/h18-19,23-24,28,38,40H,5-17,20-22H2,1-4H3,(H,35,41). The highest BCUT2D eigenvalue weighted by molar-refractivity contribution is 6.34. The van der Waals surface area contributed by atoms with Crippen LogP contribution in [-0.2, 0) is 11.2 Å². The Labute approximate surface area is 262 Å². The number of carbonyl (C=O) groups excluding carboxylic acids is 1. The molecule has 0 saturated carbocycles. The molecule has 0 aliphatic carbocycles. The number of ether oxygens (including phenoxy) is 2. The van der Waals surface area contributed by atoms with E-state index in [4.69, 9.17) is 26.2 Å². The second-order valence-corrected chi connectivity index (χ2v) is 12.1. The highest BCUT2D eigenvalue weighted by Crippen LogP contribution is 2.27. The van der Waals surface area contributed by atoms with Crippen molar-refractivity contribution in [2.75, 3.05) is 19.8 Å². The van der Waals surface area contributed by atoms with Crippen LogP contribution >= 0.6 is 11.6 Å². The largest absolute Gasteiger partial charge is 0.491 e. The van der Waals surface area contributed by atoms with E-state index in [0.29, 0.717) is 53.8 Å². The van der Waals surface area contributed by atoms with E-state index in [9.17, 15) is 4.79 Å². The zero-order valence-corrected chi connectivity index (χ0v) is 27.3. The van der Waals surface area contributed by atoms with Crippen molar-refractivity contribution in [3.8, 4) is 11.5 Å². The Morgan fingerprint density at radius 1 is 1.07 bits per heavy atom. The van der Waals surface area contributed by atoms with Gasteiger partial charge >= 0.3 is 0 Å². The maximum absolute atomic E-state index is 13.2.